The highest BCUT2D eigenvalue weighted by Crippen LogP contribution is 2.41. The van der Waals surface area contributed by atoms with E-state index >= 15 is 0 Å². The van der Waals surface area contributed by atoms with Crippen LogP contribution in [0.2, 0.25) is 0 Å². The fourth-order valence-corrected chi connectivity index (χ4v) is 4.00. The Hall–Kier alpha value is -2.40. The number of carbonyl (C=O) groups is 2. The minimum absolute atomic E-state index is 0.185. The van der Waals surface area contributed by atoms with Gasteiger partial charge in [-0.3, -0.25) is 9.59 Å². The Morgan fingerprint density at radius 3 is 2.54 bits per heavy atom. The minimum atomic E-state index is -0.796. The average molecular weight is 370 g/mol. The van der Waals surface area contributed by atoms with Crippen molar-refractivity contribution >= 4 is 28.7 Å². The lowest BCUT2D eigenvalue weighted by Crippen LogP contribution is -2.33. The molecule has 1 aromatic heterocycles. The van der Waals surface area contributed by atoms with Crippen LogP contribution in [-0.4, -0.2) is 25.0 Å². The molecule has 1 aromatic carbocycles. The van der Waals surface area contributed by atoms with Crippen molar-refractivity contribution < 1.29 is 19.1 Å². The zero-order valence-corrected chi connectivity index (χ0v) is 15.8. The van der Waals surface area contributed by atoms with Gasteiger partial charge in [-0.05, 0) is 72.0 Å². The number of ketones is 1. The second-order valence-corrected chi connectivity index (χ2v) is 6.91. The summed E-state index contributed by atoms with van der Waals surface area (Å²) in [5.74, 6) is -0.890. The smallest absolute Gasteiger partial charge is 0.317 e. The Morgan fingerprint density at radius 2 is 1.92 bits per heavy atom. The van der Waals surface area contributed by atoms with Crippen LogP contribution in [-0.2, 0) is 14.3 Å². The standard InChI is InChI=1S/C21H22O4S/c1-3-24-17-7-5-14(6-8-17)18-11-16(15-9-10-26-13-15)12-19(22)20(18)21(23)25-4-2/h5-10,12-13,18,20H,3-4,11H2,1-2H3. The van der Waals surface area contributed by atoms with Crippen molar-refractivity contribution in [1.29, 1.82) is 0 Å². The molecule has 0 bridgehead atoms. The lowest BCUT2D eigenvalue weighted by molar-refractivity contribution is -0.151. The van der Waals surface area contributed by atoms with Crippen LogP contribution >= 0.6 is 11.3 Å². The molecule has 1 aliphatic carbocycles. The number of hydrogen-bond acceptors (Lipinski definition) is 5. The molecule has 4 nitrogen and oxygen atoms in total. The SMILES string of the molecule is CCOC(=O)C1C(=O)C=C(c2ccsc2)CC1c1ccc(OCC)cc1. The molecule has 3 rings (SSSR count). The monoisotopic (exact) mass is 370 g/mol. The van der Waals surface area contributed by atoms with E-state index in [4.69, 9.17) is 9.47 Å². The van der Waals surface area contributed by atoms with Gasteiger partial charge in [0, 0.05) is 5.92 Å². The summed E-state index contributed by atoms with van der Waals surface area (Å²) < 4.78 is 10.7. The van der Waals surface area contributed by atoms with E-state index in [-0.39, 0.29) is 18.3 Å². The van der Waals surface area contributed by atoms with E-state index in [9.17, 15) is 9.59 Å². The number of rotatable bonds is 6. The van der Waals surface area contributed by atoms with Crippen LogP contribution in [0.15, 0.2) is 47.2 Å². The number of ether oxygens (including phenoxy) is 2. The normalized spacial score (nSPS) is 19.8. The highest BCUT2D eigenvalue weighted by molar-refractivity contribution is 7.08. The third kappa shape index (κ3) is 3.88. The first-order valence-electron chi connectivity index (χ1n) is 8.80. The van der Waals surface area contributed by atoms with Gasteiger partial charge in [0.2, 0.25) is 0 Å². The van der Waals surface area contributed by atoms with E-state index in [0.717, 1.165) is 22.4 Å². The van der Waals surface area contributed by atoms with Crippen LogP contribution < -0.4 is 4.74 Å². The van der Waals surface area contributed by atoms with Crippen LogP contribution in [0, 0.1) is 5.92 Å². The number of thiophene rings is 1. The molecule has 0 radical (unpaired) electrons. The second kappa shape index (κ2) is 8.32. The molecule has 0 N–H and O–H groups in total. The summed E-state index contributed by atoms with van der Waals surface area (Å²) in [7, 11) is 0. The van der Waals surface area contributed by atoms with Crippen molar-refractivity contribution in [3.05, 3.63) is 58.3 Å². The molecular weight excluding hydrogens is 348 g/mol. The molecule has 136 valence electrons. The van der Waals surface area contributed by atoms with Gasteiger partial charge >= 0.3 is 5.97 Å². The van der Waals surface area contributed by atoms with Gasteiger partial charge < -0.3 is 9.47 Å². The number of benzene rings is 1. The van der Waals surface area contributed by atoms with E-state index in [1.807, 2.05) is 48.0 Å². The van der Waals surface area contributed by atoms with Crippen LogP contribution in [0.3, 0.4) is 0 Å². The van der Waals surface area contributed by atoms with Crippen molar-refractivity contribution in [2.75, 3.05) is 13.2 Å². The third-order valence-corrected chi connectivity index (χ3v) is 5.20. The van der Waals surface area contributed by atoms with Gasteiger partial charge in [-0.15, -0.1) is 0 Å². The molecule has 1 heterocycles. The average Bonchev–Trinajstić information content (AvgIpc) is 3.17. The Kier molecular flexibility index (Phi) is 5.89. The maximum atomic E-state index is 12.8. The molecule has 2 unspecified atom stereocenters. The predicted octanol–water partition coefficient (Wildman–Crippen LogP) is 4.47. The Labute approximate surface area is 157 Å². The molecule has 1 aliphatic rings. The van der Waals surface area contributed by atoms with Gasteiger partial charge in [-0.2, -0.15) is 11.3 Å². The molecule has 2 aromatic rings. The molecule has 0 spiro atoms. The molecule has 0 saturated carbocycles. The van der Waals surface area contributed by atoms with Gasteiger partial charge in [-0.1, -0.05) is 12.1 Å². The van der Waals surface area contributed by atoms with Gasteiger partial charge in [0.25, 0.3) is 0 Å². The van der Waals surface area contributed by atoms with Gasteiger partial charge in [0.05, 0.1) is 13.2 Å². The zero-order valence-electron chi connectivity index (χ0n) is 14.9. The van der Waals surface area contributed by atoms with Crippen molar-refractivity contribution in [3.8, 4) is 5.75 Å². The van der Waals surface area contributed by atoms with Crippen molar-refractivity contribution in [2.24, 2.45) is 5.92 Å². The topological polar surface area (TPSA) is 52.6 Å². The summed E-state index contributed by atoms with van der Waals surface area (Å²) in [4.78, 5) is 25.2. The predicted molar refractivity (Wildman–Crippen MR) is 102 cm³/mol. The third-order valence-electron chi connectivity index (χ3n) is 4.52. The summed E-state index contributed by atoms with van der Waals surface area (Å²) in [5.41, 5.74) is 2.96. The highest BCUT2D eigenvalue weighted by Gasteiger charge is 2.39. The van der Waals surface area contributed by atoms with E-state index in [1.54, 1.807) is 24.3 Å². The molecule has 0 aliphatic heterocycles. The first kappa shape index (κ1) is 18.4. The highest BCUT2D eigenvalue weighted by atomic mass is 32.1. The minimum Gasteiger partial charge on any atom is -0.494 e. The Morgan fingerprint density at radius 1 is 1.15 bits per heavy atom. The largest absolute Gasteiger partial charge is 0.494 e. The second-order valence-electron chi connectivity index (χ2n) is 6.13. The molecule has 0 saturated heterocycles. The molecule has 2 atom stereocenters. The van der Waals surface area contributed by atoms with E-state index < -0.39 is 11.9 Å². The molecule has 26 heavy (non-hydrogen) atoms. The van der Waals surface area contributed by atoms with Gasteiger partial charge in [0.1, 0.15) is 11.7 Å². The van der Waals surface area contributed by atoms with Crippen molar-refractivity contribution in [3.63, 3.8) is 0 Å². The number of hydrogen-bond donors (Lipinski definition) is 0. The lowest BCUT2D eigenvalue weighted by Gasteiger charge is -2.29. The maximum Gasteiger partial charge on any atom is 0.317 e. The Bertz CT molecular complexity index is 790. The number of carbonyl (C=O) groups excluding carboxylic acids is 2. The summed E-state index contributed by atoms with van der Waals surface area (Å²) in [5, 5.41) is 4.02. The van der Waals surface area contributed by atoms with Crippen molar-refractivity contribution in [1.82, 2.24) is 0 Å². The van der Waals surface area contributed by atoms with Gasteiger partial charge in [0.15, 0.2) is 5.78 Å². The first-order valence-corrected chi connectivity index (χ1v) is 9.74. The van der Waals surface area contributed by atoms with Crippen molar-refractivity contribution in [2.45, 2.75) is 26.2 Å². The molecule has 0 amide bonds. The molecular formula is C21H22O4S. The summed E-state index contributed by atoms with van der Waals surface area (Å²) in [6.45, 7) is 4.55. The summed E-state index contributed by atoms with van der Waals surface area (Å²) >= 11 is 1.59. The van der Waals surface area contributed by atoms with Gasteiger partial charge in [-0.25, -0.2) is 0 Å². The van der Waals surface area contributed by atoms with E-state index in [0.29, 0.717) is 13.0 Å². The maximum absolute atomic E-state index is 12.8. The van der Waals surface area contributed by atoms with E-state index in [1.165, 1.54) is 0 Å². The van der Waals surface area contributed by atoms with Crippen LogP contribution in [0.5, 0.6) is 5.75 Å². The summed E-state index contributed by atoms with van der Waals surface area (Å²) in [6.07, 6.45) is 2.23. The summed E-state index contributed by atoms with van der Waals surface area (Å²) in [6, 6.07) is 9.64. The zero-order chi connectivity index (χ0) is 18.5. The van der Waals surface area contributed by atoms with E-state index in [2.05, 4.69) is 0 Å². The fraction of sp³-hybridized carbons (Fsp3) is 0.333. The molecule has 5 heteroatoms. The van der Waals surface area contributed by atoms with Crippen LogP contribution in [0.25, 0.3) is 5.57 Å². The first-order chi connectivity index (χ1) is 12.6. The van der Waals surface area contributed by atoms with Crippen LogP contribution in [0.1, 0.15) is 37.3 Å². The lowest BCUT2D eigenvalue weighted by atomic mass is 9.74. The number of allylic oxidation sites excluding steroid dienone is 2. The number of esters is 1. The fourth-order valence-electron chi connectivity index (χ4n) is 3.32. The van der Waals surface area contributed by atoms with Crippen LogP contribution in [0.4, 0.5) is 0 Å². The quantitative estimate of drug-likeness (QED) is 0.556. The molecule has 0 fully saturated rings. The Balaban J connectivity index is 1.95.